The molecule has 10 nitrogen and oxygen atoms in total. The van der Waals surface area contributed by atoms with Crippen LogP contribution >= 0.6 is 0 Å². The van der Waals surface area contributed by atoms with Crippen LogP contribution in [0.3, 0.4) is 0 Å². The van der Waals surface area contributed by atoms with Gasteiger partial charge in [-0.2, -0.15) is 0 Å². The molecule has 1 saturated carbocycles. The zero-order valence-electron chi connectivity index (χ0n) is 23.6. The number of rotatable bonds is 12. The molecule has 4 rings (SSSR count). The second-order valence-corrected chi connectivity index (χ2v) is 11.8. The number of halogens is 1. The maximum Gasteiger partial charge on any atom is 0.268 e. The summed E-state index contributed by atoms with van der Waals surface area (Å²) in [6.07, 6.45) is 6.58. The van der Waals surface area contributed by atoms with E-state index in [4.69, 9.17) is 0 Å². The molecular formula is C30H40FN5O5. The molecule has 0 bridgehead atoms. The Balaban J connectivity index is 1.48. The van der Waals surface area contributed by atoms with Crippen LogP contribution in [0.4, 0.5) is 4.39 Å². The summed E-state index contributed by atoms with van der Waals surface area (Å²) in [6.45, 7) is 2.90. The summed E-state index contributed by atoms with van der Waals surface area (Å²) in [5, 5.41) is 11.4. The standard InChI is InChI=1S/C30H40FN5O5/c1-30(2,31)25(36-28(40)24-16-19-10-6-7-11-22(19)34-24)29(41)35-23(14-18-8-4-3-5-9-18)27(39)33-21(17-37)15-20-12-13-32-26(20)38/h6-7,10-11,16-18,20-21,23,25,34H,3-5,8-9,12-15H2,1-2H3,(H,32,38)(H,33,39)(H,35,41)(H,36,40)/t20-,21-,23-,25?/m0/s1. The molecule has 1 aromatic heterocycles. The fourth-order valence-electron chi connectivity index (χ4n) is 5.80. The molecule has 2 heterocycles. The number of alkyl halides is 1. The normalized spacial score (nSPS) is 20.1. The molecule has 4 amide bonds. The van der Waals surface area contributed by atoms with Gasteiger partial charge in [-0.15, -0.1) is 0 Å². The monoisotopic (exact) mass is 569 g/mol. The quantitative estimate of drug-likeness (QED) is 0.249. The SMILES string of the molecule is CC(C)(F)C(NC(=O)c1cc2ccccc2[nH]1)C(=O)N[C@@H](CC1CCCCC1)C(=O)N[C@H](C=O)C[C@@H]1CCNC1=O. The summed E-state index contributed by atoms with van der Waals surface area (Å²) in [7, 11) is 0. The lowest BCUT2D eigenvalue weighted by molar-refractivity contribution is -0.133. The number of hydrogen-bond acceptors (Lipinski definition) is 5. The van der Waals surface area contributed by atoms with Crippen molar-refractivity contribution < 1.29 is 28.4 Å². The topological polar surface area (TPSA) is 149 Å². The van der Waals surface area contributed by atoms with Gasteiger partial charge in [-0.3, -0.25) is 19.2 Å². The number of hydrogen-bond donors (Lipinski definition) is 5. The van der Waals surface area contributed by atoms with Gasteiger partial charge in [0, 0.05) is 23.4 Å². The molecule has 1 unspecified atom stereocenters. The molecule has 0 radical (unpaired) electrons. The van der Waals surface area contributed by atoms with Gasteiger partial charge in [0.15, 0.2) is 0 Å². The van der Waals surface area contributed by atoms with Gasteiger partial charge < -0.3 is 31.0 Å². The number of H-pyrrole nitrogens is 1. The van der Waals surface area contributed by atoms with Crippen LogP contribution in [0.25, 0.3) is 10.9 Å². The molecule has 4 atom stereocenters. The van der Waals surface area contributed by atoms with Crippen molar-refractivity contribution in [2.45, 2.75) is 89.0 Å². The summed E-state index contributed by atoms with van der Waals surface area (Å²) in [5.41, 5.74) is -1.25. The van der Waals surface area contributed by atoms with Crippen molar-refractivity contribution in [3.63, 3.8) is 0 Å². The number of carbonyl (C=O) groups excluding carboxylic acids is 5. The molecule has 1 aromatic carbocycles. The summed E-state index contributed by atoms with van der Waals surface area (Å²) in [6, 6.07) is 5.35. The zero-order valence-corrected chi connectivity index (χ0v) is 23.6. The second kappa shape index (κ2) is 13.3. The van der Waals surface area contributed by atoms with Crippen LogP contribution in [0.5, 0.6) is 0 Å². The fourth-order valence-corrected chi connectivity index (χ4v) is 5.80. The maximum atomic E-state index is 15.4. The first-order valence-corrected chi connectivity index (χ1v) is 14.5. The van der Waals surface area contributed by atoms with E-state index in [9.17, 15) is 24.0 Å². The average Bonchev–Trinajstić information content (AvgIpc) is 3.56. The number of fused-ring (bicyclic) bond motifs is 1. The lowest BCUT2D eigenvalue weighted by Gasteiger charge is -2.31. The lowest BCUT2D eigenvalue weighted by Crippen LogP contribution is -2.60. The fraction of sp³-hybridized carbons (Fsp3) is 0.567. The highest BCUT2D eigenvalue weighted by atomic mass is 19.1. The number of carbonyl (C=O) groups is 5. The van der Waals surface area contributed by atoms with Crippen molar-refractivity contribution in [3.8, 4) is 0 Å². The molecule has 11 heteroatoms. The Morgan fingerprint density at radius 2 is 1.76 bits per heavy atom. The molecule has 5 N–H and O–H groups in total. The Labute approximate surface area is 239 Å². The second-order valence-electron chi connectivity index (χ2n) is 11.8. The number of aromatic nitrogens is 1. The van der Waals surface area contributed by atoms with Gasteiger partial charge in [-0.05, 0) is 51.2 Å². The van der Waals surface area contributed by atoms with Crippen LogP contribution < -0.4 is 21.3 Å². The van der Waals surface area contributed by atoms with Gasteiger partial charge in [0.2, 0.25) is 17.7 Å². The molecule has 2 fully saturated rings. The molecule has 1 aliphatic carbocycles. The van der Waals surface area contributed by atoms with Crippen LogP contribution in [0.2, 0.25) is 0 Å². The maximum absolute atomic E-state index is 15.4. The largest absolute Gasteiger partial charge is 0.356 e. The van der Waals surface area contributed by atoms with Crippen molar-refractivity contribution >= 4 is 40.8 Å². The smallest absolute Gasteiger partial charge is 0.268 e. The molecular weight excluding hydrogens is 529 g/mol. The molecule has 2 aliphatic rings. The van der Waals surface area contributed by atoms with E-state index in [2.05, 4.69) is 26.3 Å². The Bertz CT molecular complexity index is 1230. The molecule has 41 heavy (non-hydrogen) atoms. The number of para-hydroxylation sites is 1. The predicted molar refractivity (Wildman–Crippen MR) is 152 cm³/mol. The molecule has 2 aromatic rings. The number of benzene rings is 1. The van der Waals surface area contributed by atoms with Gasteiger partial charge in [0.25, 0.3) is 5.91 Å². The first-order valence-electron chi connectivity index (χ1n) is 14.5. The summed E-state index contributed by atoms with van der Waals surface area (Å²) in [5.74, 6) is -2.43. The summed E-state index contributed by atoms with van der Waals surface area (Å²) >= 11 is 0. The minimum Gasteiger partial charge on any atom is -0.356 e. The minimum absolute atomic E-state index is 0.156. The van der Waals surface area contributed by atoms with Crippen LogP contribution in [0, 0.1) is 11.8 Å². The van der Waals surface area contributed by atoms with Crippen molar-refractivity contribution in [3.05, 3.63) is 36.0 Å². The first-order chi connectivity index (χ1) is 19.5. The van der Waals surface area contributed by atoms with E-state index < -0.39 is 41.5 Å². The molecule has 222 valence electrons. The van der Waals surface area contributed by atoms with E-state index in [1.807, 2.05) is 18.2 Å². The van der Waals surface area contributed by atoms with Crippen LogP contribution in [-0.2, 0) is 19.2 Å². The Kier molecular flexibility index (Phi) is 9.77. The third-order valence-electron chi connectivity index (χ3n) is 8.12. The molecule has 1 aliphatic heterocycles. The lowest BCUT2D eigenvalue weighted by atomic mass is 9.84. The van der Waals surface area contributed by atoms with Gasteiger partial charge in [0.1, 0.15) is 29.7 Å². The van der Waals surface area contributed by atoms with Crippen LogP contribution in [0.1, 0.15) is 75.7 Å². The number of aromatic amines is 1. The van der Waals surface area contributed by atoms with E-state index in [0.717, 1.165) is 43.0 Å². The van der Waals surface area contributed by atoms with Gasteiger partial charge in [0.05, 0.1) is 6.04 Å². The Morgan fingerprint density at radius 1 is 1.02 bits per heavy atom. The average molecular weight is 570 g/mol. The summed E-state index contributed by atoms with van der Waals surface area (Å²) in [4.78, 5) is 66.7. The van der Waals surface area contributed by atoms with E-state index in [-0.39, 0.29) is 29.9 Å². The Morgan fingerprint density at radius 3 is 2.39 bits per heavy atom. The van der Waals surface area contributed by atoms with Crippen LogP contribution in [0.15, 0.2) is 30.3 Å². The predicted octanol–water partition coefficient (Wildman–Crippen LogP) is 2.68. The first kappa shape index (κ1) is 30.2. The van der Waals surface area contributed by atoms with Crippen molar-refractivity contribution in [1.29, 1.82) is 0 Å². The zero-order chi connectivity index (χ0) is 29.6. The van der Waals surface area contributed by atoms with E-state index in [0.29, 0.717) is 25.7 Å². The number of nitrogens with one attached hydrogen (secondary N) is 5. The highest BCUT2D eigenvalue weighted by molar-refractivity contribution is 6.01. The van der Waals surface area contributed by atoms with Crippen LogP contribution in [-0.4, -0.2) is 65.2 Å². The highest BCUT2D eigenvalue weighted by Crippen LogP contribution is 2.28. The third-order valence-corrected chi connectivity index (χ3v) is 8.12. The molecule has 0 spiro atoms. The van der Waals surface area contributed by atoms with Crippen molar-refractivity contribution in [2.75, 3.05) is 6.54 Å². The Hall–Kier alpha value is -3.76. The molecule has 1 saturated heterocycles. The summed E-state index contributed by atoms with van der Waals surface area (Å²) < 4.78 is 15.4. The minimum atomic E-state index is -2.15. The van der Waals surface area contributed by atoms with Gasteiger partial charge >= 0.3 is 0 Å². The van der Waals surface area contributed by atoms with E-state index in [1.54, 1.807) is 12.1 Å². The number of amides is 4. The van der Waals surface area contributed by atoms with E-state index >= 15 is 4.39 Å². The highest BCUT2D eigenvalue weighted by Gasteiger charge is 2.39. The third kappa shape index (κ3) is 7.92. The van der Waals surface area contributed by atoms with Gasteiger partial charge in [-0.25, -0.2) is 4.39 Å². The van der Waals surface area contributed by atoms with Gasteiger partial charge in [-0.1, -0.05) is 50.3 Å². The number of aldehydes is 1. The van der Waals surface area contributed by atoms with Crippen molar-refractivity contribution in [2.24, 2.45) is 11.8 Å². The van der Waals surface area contributed by atoms with Crippen molar-refractivity contribution in [1.82, 2.24) is 26.3 Å². The van der Waals surface area contributed by atoms with E-state index in [1.165, 1.54) is 13.8 Å².